The molecule has 0 aliphatic carbocycles. The molecule has 0 bridgehead atoms. The van der Waals surface area contributed by atoms with E-state index in [0.717, 1.165) is 30.6 Å². The molecule has 116 valence electrons. The molecular formula is C19H24N2O. The normalized spacial score (nSPS) is 10.5. The molecule has 1 amide bonds. The van der Waals surface area contributed by atoms with E-state index < -0.39 is 0 Å². The third-order valence-corrected chi connectivity index (χ3v) is 3.47. The maximum Gasteiger partial charge on any atom is 0.251 e. The number of hydrogen-bond donors (Lipinski definition) is 2. The van der Waals surface area contributed by atoms with Crippen molar-refractivity contribution in [1.29, 1.82) is 0 Å². The first-order valence-corrected chi connectivity index (χ1v) is 7.82. The average Bonchev–Trinajstić information content (AvgIpc) is 2.53. The molecule has 3 heteroatoms. The van der Waals surface area contributed by atoms with E-state index in [1.807, 2.05) is 31.2 Å². The minimum Gasteiger partial charge on any atom is -0.352 e. The molecule has 0 fully saturated rings. The monoisotopic (exact) mass is 296 g/mol. The molecule has 0 heterocycles. The summed E-state index contributed by atoms with van der Waals surface area (Å²) in [5, 5.41) is 6.33. The molecule has 0 aromatic heterocycles. The van der Waals surface area contributed by atoms with Crippen LogP contribution >= 0.6 is 0 Å². The molecule has 0 saturated heterocycles. The zero-order chi connectivity index (χ0) is 15.8. The van der Waals surface area contributed by atoms with E-state index >= 15 is 0 Å². The average molecular weight is 296 g/mol. The molecule has 0 spiro atoms. The van der Waals surface area contributed by atoms with Gasteiger partial charge in [0.1, 0.15) is 0 Å². The maximum absolute atomic E-state index is 12.0. The van der Waals surface area contributed by atoms with Gasteiger partial charge in [0, 0.05) is 25.2 Å². The molecule has 0 unspecified atom stereocenters. The smallest absolute Gasteiger partial charge is 0.251 e. The van der Waals surface area contributed by atoms with Gasteiger partial charge in [0.2, 0.25) is 0 Å². The van der Waals surface area contributed by atoms with Crippen molar-refractivity contribution in [3.8, 4) is 0 Å². The van der Waals surface area contributed by atoms with Crippen molar-refractivity contribution in [3.63, 3.8) is 0 Å². The molecule has 0 aliphatic rings. The van der Waals surface area contributed by atoms with E-state index in [1.165, 1.54) is 11.1 Å². The van der Waals surface area contributed by atoms with Crippen LogP contribution in [0.25, 0.3) is 0 Å². The first-order chi connectivity index (χ1) is 10.7. The molecule has 2 N–H and O–H groups in total. The highest BCUT2D eigenvalue weighted by atomic mass is 16.1. The minimum absolute atomic E-state index is 0.00221. The van der Waals surface area contributed by atoms with Crippen LogP contribution in [0, 0.1) is 6.92 Å². The van der Waals surface area contributed by atoms with E-state index in [2.05, 4.69) is 41.8 Å². The van der Waals surface area contributed by atoms with Gasteiger partial charge in [0.25, 0.3) is 5.91 Å². The Balaban J connectivity index is 1.89. The van der Waals surface area contributed by atoms with Crippen molar-refractivity contribution in [2.24, 2.45) is 0 Å². The Bertz CT molecular complexity index is 622. The van der Waals surface area contributed by atoms with Crippen LogP contribution in [0.5, 0.6) is 0 Å². The fourth-order valence-corrected chi connectivity index (χ4v) is 2.34. The van der Waals surface area contributed by atoms with Crippen LogP contribution in [-0.2, 0) is 13.1 Å². The molecule has 3 nitrogen and oxygen atoms in total. The van der Waals surface area contributed by atoms with E-state index in [4.69, 9.17) is 0 Å². The van der Waals surface area contributed by atoms with E-state index in [9.17, 15) is 4.79 Å². The van der Waals surface area contributed by atoms with Crippen molar-refractivity contribution >= 4 is 5.91 Å². The summed E-state index contributed by atoms with van der Waals surface area (Å²) in [5.74, 6) is 0.00221. The van der Waals surface area contributed by atoms with Crippen LogP contribution in [0.2, 0.25) is 0 Å². The van der Waals surface area contributed by atoms with Gasteiger partial charge in [-0.3, -0.25) is 4.79 Å². The summed E-state index contributed by atoms with van der Waals surface area (Å²) in [7, 11) is 0. The van der Waals surface area contributed by atoms with Crippen LogP contribution in [0.1, 0.15) is 40.4 Å². The molecule has 2 aromatic rings. The molecule has 0 aliphatic heterocycles. The SMILES string of the molecule is CCCNC(=O)c1cccc(CNCc2cccc(C)c2)c1. The van der Waals surface area contributed by atoms with Gasteiger partial charge in [-0.05, 0) is 36.6 Å². The Labute approximate surface area is 132 Å². The second kappa shape index (κ2) is 8.35. The summed E-state index contributed by atoms with van der Waals surface area (Å²) in [6.45, 7) is 6.44. The lowest BCUT2D eigenvalue weighted by atomic mass is 10.1. The lowest BCUT2D eigenvalue weighted by Gasteiger charge is -2.08. The lowest BCUT2D eigenvalue weighted by Crippen LogP contribution is -2.24. The van der Waals surface area contributed by atoms with Crippen molar-refractivity contribution in [3.05, 3.63) is 70.8 Å². The first-order valence-electron chi connectivity index (χ1n) is 7.82. The second-order valence-electron chi connectivity index (χ2n) is 5.55. The lowest BCUT2D eigenvalue weighted by molar-refractivity contribution is 0.0953. The summed E-state index contributed by atoms with van der Waals surface area (Å²) in [6, 6.07) is 16.3. The molecule has 0 radical (unpaired) electrons. The number of carbonyl (C=O) groups excluding carboxylic acids is 1. The third kappa shape index (κ3) is 5.01. The molecule has 22 heavy (non-hydrogen) atoms. The van der Waals surface area contributed by atoms with Gasteiger partial charge in [-0.25, -0.2) is 0 Å². The maximum atomic E-state index is 12.0. The highest BCUT2D eigenvalue weighted by Crippen LogP contribution is 2.07. The van der Waals surface area contributed by atoms with Crippen LogP contribution in [-0.4, -0.2) is 12.5 Å². The number of nitrogens with one attached hydrogen (secondary N) is 2. The number of rotatable bonds is 7. The zero-order valence-corrected chi connectivity index (χ0v) is 13.4. The Morgan fingerprint density at radius 2 is 1.68 bits per heavy atom. The van der Waals surface area contributed by atoms with E-state index in [1.54, 1.807) is 0 Å². The van der Waals surface area contributed by atoms with Crippen molar-refractivity contribution in [2.75, 3.05) is 6.54 Å². The van der Waals surface area contributed by atoms with Gasteiger partial charge < -0.3 is 10.6 Å². The van der Waals surface area contributed by atoms with Crippen LogP contribution in [0.3, 0.4) is 0 Å². The van der Waals surface area contributed by atoms with Gasteiger partial charge in [-0.2, -0.15) is 0 Å². The molecule has 2 rings (SSSR count). The highest BCUT2D eigenvalue weighted by molar-refractivity contribution is 5.94. The largest absolute Gasteiger partial charge is 0.352 e. The fourth-order valence-electron chi connectivity index (χ4n) is 2.34. The number of amides is 1. The summed E-state index contributed by atoms with van der Waals surface area (Å²) < 4.78 is 0. The minimum atomic E-state index is 0.00221. The van der Waals surface area contributed by atoms with Crippen molar-refractivity contribution in [2.45, 2.75) is 33.4 Å². The standard InChI is InChI=1S/C19H24N2O/c1-3-10-21-19(22)18-9-5-8-17(12-18)14-20-13-16-7-4-6-15(2)11-16/h4-9,11-12,20H,3,10,13-14H2,1-2H3,(H,21,22). The Kier molecular flexibility index (Phi) is 6.16. The van der Waals surface area contributed by atoms with Crippen LogP contribution in [0.15, 0.2) is 48.5 Å². The predicted octanol–water partition coefficient (Wildman–Crippen LogP) is 3.42. The van der Waals surface area contributed by atoms with E-state index in [0.29, 0.717) is 6.54 Å². The predicted molar refractivity (Wildman–Crippen MR) is 90.8 cm³/mol. The zero-order valence-electron chi connectivity index (χ0n) is 13.4. The highest BCUT2D eigenvalue weighted by Gasteiger charge is 2.05. The van der Waals surface area contributed by atoms with Gasteiger partial charge in [0.15, 0.2) is 0 Å². The van der Waals surface area contributed by atoms with Crippen LogP contribution in [0.4, 0.5) is 0 Å². The molecular weight excluding hydrogens is 272 g/mol. The number of benzene rings is 2. The number of carbonyl (C=O) groups is 1. The quantitative estimate of drug-likeness (QED) is 0.822. The van der Waals surface area contributed by atoms with E-state index in [-0.39, 0.29) is 5.91 Å². The Morgan fingerprint density at radius 3 is 2.36 bits per heavy atom. The number of hydrogen-bond acceptors (Lipinski definition) is 2. The van der Waals surface area contributed by atoms with Gasteiger partial charge in [-0.1, -0.05) is 48.9 Å². The molecule has 0 atom stereocenters. The topological polar surface area (TPSA) is 41.1 Å². The summed E-state index contributed by atoms with van der Waals surface area (Å²) in [6.07, 6.45) is 0.948. The summed E-state index contributed by atoms with van der Waals surface area (Å²) in [4.78, 5) is 12.0. The Morgan fingerprint density at radius 1 is 1.00 bits per heavy atom. The summed E-state index contributed by atoms with van der Waals surface area (Å²) in [5.41, 5.74) is 4.39. The Hall–Kier alpha value is -2.13. The first kappa shape index (κ1) is 16.2. The van der Waals surface area contributed by atoms with Crippen LogP contribution < -0.4 is 10.6 Å². The number of aryl methyl sites for hydroxylation is 1. The van der Waals surface area contributed by atoms with Crippen molar-refractivity contribution in [1.82, 2.24) is 10.6 Å². The fraction of sp³-hybridized carbons (Fsp3) is 0.316. The molecule has 2 aromatic carbocycles. The third-order valence-electron chi connectivity index (χ3n) is 3.47. The van der Waals surface area contributed by atoms with Gasteiger partial charge >= 0.3 is 0 Å². The summed E-state index contributed by atoms with van der Waals surface area (Å²) >= 11 is 0. The van der Waals surface area contributed by atoms with Crippen molar-refractivity contribution < 1.29 is 4.79 Å². The molecule has 0 saturated carbocycles. The van der Waals surface area contributed by atoms with Gasteiger partial charge in [0.05, 0.1) is 0 Å². The second-order valence-corrected chi connectivity index (χ2v) is 5.55. The van der Waals surface area contributed by atoms with Gasteiger partial charge in [-0.15, -0.1) is 0 Å².